The fourth-order valence-electron chi connectivity index (χ4n) is 2.30. The van der Waals surface area contributed by atoms with Gasteiger partial charge in [0, 0.05) is 18.1 Å². The van der Waals surface area contributed by atoms with Crippen LogP contribution in [0.25, 0.3) is 0 Å². The van der Waals surface area contributed by atoms with Gasteiger partial charge in [0.05, 0.1) is 33.1 Å². The van der Waals surface area contributed by atoms with E-state index in [1.165, 1.54) is 0 Å². The first-order valence-corrected chi connectivity index (χ1v) is 7.60. The number of benzene rings is 1. The highest BCUT2D eigenvalue weighted by atomic mass is 32.1. The standard InChI is InChI=1S/C15H18N4O3S/c1-20-10-6-12(21-2)11(13(7-10)22-3)8-16-19-14(9-4-5-9)17-18-15(19)23/h6-9H,4-5H2,1-3H3,(H,18,23)/b16-8-. The molecule has 0 aliphatic heterocycles. The van der Waals surface area contributed by atoms with E-state index in [0.29, 0.717) is 33.5 Å². The highest BCUT2D eigenvalue weighted by Crippen LogP contribution is 2.39. The first-order chi connectivity index (χ1) is 11.2. The van der Waals surface area contributed by atoms with Crippen LogP contribution >= 0.6 is 12.2 Å². The summed E-state index contributed by atoms with van der Waals surface area (Å²) in [7, 11) is 4.77. The number of nitrogens with zero attached hydrogens (tertiary/aromatic N) is 3. The van der Waals surface area contributed by atoms with Crippen LogP contribution in [0.3, 0.4) is 0 Å². The van der Waals surface area contributed by atoms with Crippen molar-refractivity contribution in [2.75, 3.05) is 21.3 Å². The van der Waals surface area contributed by atoms with E-state index in [2.05, 4.69) is 15.3 Å². The number of methoxy groups -OCH3 is 3. The Bertz CT molecular complexity index is 767. The number of aromatic amines is 1. The van der Waals surface area contributed by atoms with E-state index in [0.717, 1.165) is 18.7 Å². The van der Waals surface area contributed by atoms with Crippen LogP contribution in [0.1, 0.15) is 30.1 Å². The van der Waals surface area contributed by atoms with Gasteiger partial charge in [0.1, 0.15) is 17.2 Å². The van der Waals surface area contributed by atoms with Gasteiger partial charge in [-0.1, -0.05) is 0 Å². The Balaban J connectivity index is 2.02. The summed E-state index contributed by atoms with van der Waals surface area (Å²) in [6.45, 7) is 0. The summed E-state index contributed by atoms with van der Waals surface area (Å²) in [6, 6.07) is 3.56. The zero-order valence-corrected chi connectivity index (χ0v) is 14.0. The van der Waals surface area contributed by atoms with Crippen molar-refractivity contribution >= 4 is 18.4 Å². The highest BCUT2D eigenvalue weighted by Gasteiger charge is 2.29. The second kappa shape index (κ2) is 6.41. The van der Waals surface area contributed by atoms with Crippen LogP contribution < -0.4 is 14.2 Å². The molecule has 0 unspecified atom stereocenters. The summed E-state index contributed by atoms with van der Waals surface area (Å²) in [6.07, 6.45) is 3.89. The molecule has 1 aliphatic rings. The van der Waals surface area contributed by atoms with Gasteiger partial charge in [-0.2, -0.15) is 14.9 Å². The van der Waals surface area contributed by atoms with Crippen molar-refractivity contribution in [3.8, 4) is 17.2 Å². The van der Waals surface area contributed by atoms with Gasteiger partial charge < -0.3 is 14.2 Å². The number of nitrogens with one attached hydrogen (secondary N) is 1. The Hall–Kier alpha value is -2.35. The van der Waals surface area contributed by atoms with Crippen molar-refractivity contribution in [2.24, 2.45) is 5.10 Å². The van der Waals surface area contributed by atoms with E-state index in [-0.39, 0.29) is 0 Å². The molecule has 0 amide bonds. The molecule has 122 valence electrons. The molecule has 1 N–H and O–H groups in total. The van der Waals surface area contributed by atoms with Crippen LogP contribution in [0.2, 0.25) is 0 Å². The van der Waals surface area contributed by atoms with Gasteiger partial charge in [-0.05, 0) is 25.1 Å². The quantitative estimate of drug-likeness (QED) is 0.649. The summed E-state index contributed by atoms with van der Waals surface area (Å²) in [5.41, 5.74) is 0.709. The van der Waals surface area contributed by atoms with Crippen molar-refractivity contribution in [3.63, 3.8) is 0 Å². The molecule has 3 rings (SSSR count). The van der Waals surface area contributed by atoms with Gasteiger partial charge in [0.25, 0.3) is 0 Å². The molecule has 1 heterocycles. The number of aromatic nitrogens is 3. The number of hydrogen-bond acceptors (Lipinski definition) is 6. The molecule has 8 heteroatoms. The van der Waals surface area contributed by atoms with Crippen LogP contribution in [0.4, 0.5) is 0 Å². The third kappa shape index (κ3) is 3.07. The van der Waals surface area contributed by atoms with Crippen molar-refractivity contribution in [2.45, 2.75) is 18.8 Å². The lowest BCUT2D eigenvalue weighted by atomic mass is 10.2. The Morgan fingerprint density at radius 1 is 1.22 bits per heavy atom. The zero-order valence-electron chi connectivity index (χ0n) is 13.2. The molecule has 1 aromatic heterocycles. The Kier molecular flexibility index (Phi) is 4.33. The smallest absolute Gasteiger partial charge is 0.216 e. The summed E-state index contributed by atoms with van der Waals surface area (Å²) < 4.78 is 18.2. The maximum atomic E-state index is 5.41. The number of ether oxygens (including phenoxy) is 3. The minimum absolute atomic E-state index is 0.430. The average Bonchev–Trinajstić information content (AvgIpc) is 3.36. The number of rotatable bonds is 6. The molecule has 1 saturated carbocycles. The third-order valence-corrected chi connectivity index (χ3v) is 3.94. The SMILES string of the molecule is COc1cc(OC)c(/C=N\n2c(C3CC3)n[nH]c2=S)c(OC)c1. The second-order valence-electron chi connectivity index (χ2n) is 5.16. The van der Waals surface area contributed by atoms with Gasteiger partial charge >= 0.3 is 0 Å². The van der Waals surface area contributed by atoms with E-state index < -0.39 is 0 Å². The van der Waals surface area contributed by atoms with Crippen LogP contribution in [-0.4, -0.2) is 42.4 Å². The molecular formula is C15H18N4O3S. The molecule has 0 bridgehead atoms. The van der Waals surface area contributed by atoms with E-state index in [1.54, 1.807) is 44.4 Å². The van der Waals surface area contributed by atoms with Gasteiger partial charge in [-0.3, -0.25) is 5.10 Å². The fourth-order valence-corrected chi connectivity index (χ4v) is 2.48. The van der Waals surface area contributed by atoms with E-state index in [9.17, 15) is 0 Å². The average molecular weight is 334 g/mol. The van der Waals surface area contributed by atoms with Crippen molar-refractivity contribution < 1.29 is 14.2 Å². The van der Waals surface area contributed by atoms with Gasteiger partial charge in [0.15, 0.2) is 5.82 Å². The van der Waals surface area contributed by atoms with Crippen molar-refractivity contribution in [1.82, 2.24) is 14.9 Å². The molecule has 0 radical (unpaired) electrons. The lowest BCUT2D eigenvalue weighted by Gasteiger charge is -2.12. The molecule has 0 spiro atoms. The first-order valence-electron chi connectivity index (χ1n) is 7.19. The lowest BCUT2D eigenvalue weighted by molar-refractivity contribution is 0.374. The van der Waals surface area contributed by atoms with E-state index >= 15 is 0 Å². The van der Waals surface area contributed by atoms with Crippen LogP contribution in [0.15, 0.2) is 17.2 Å². The largest absolute Gasteiger partial charge is 0.496 e. The topological polar surface area (TPSA) is 73.7 Å². The molecule has 0 atom stereocenters. The predicted molar refractivity (Wildman–Crippen MR) is 88.5 cm³/mol. The van der Waals surface area contributed by atoms with E-state index in [4.69, 9.17) is 26.4 Å². The van der Waals surface area contributed by atoms with Gasteiger partial charge in [0.2, 0.25) is 4.77 Å². The second-order valence-corrected chi connectivity index (χ2v) is 5.55. The monoisotopic (exact) mass is 334 g/mol. The maximum Gasteiger partial charge on any atom is 0.216 e. The molecule has 2 aromatic rings. The molecule has 1 aromatic carbocycles. The molecule has 1 fully saturated rings. The highest BCUT2D eigenvalue weighted by molar-refractivity contribution is 7.71. The van der Waals surface area contributed by atoms with E-state index in [1.807, 2.05) is 0 Å². The van der Waals surface area contributed by atoms with Crippen LogP contribution in [0, 0.1) is 4.77 Å². The normalized spacial score (nSPS) is 14.2. The van der Waals surface area contributed by atoms with Crippen LogP contribution in [-0.2, 0) is 0 Å². The fraction of sp³-hybridized carbons (Fsp3) is 0.400. The predicted octanol–water partition coefficient (Wildman–Crippen LogP) is 2.73. The van der Waals surface area contributed by atoms with Crippen molar-refractivity contribution in [3.05, 3.63) is 28.3 Å². The molecule has 1 aliphatic carbocycles. The minimum atomic E-state index is 0.430. The summed E-state index contributed by atoms with van der Waals surface area (Å²) >= 11 is 5.25. The first kappa shape index (κ1) is 15.5. The Morgan fingerprint density at radius 2 is 1.87 bits per heavy atom. The van der Waals surface area contributed by atoms with Crippen LogP contribution in [0.5, 0.6) is 17.2 Å². The summed E-state index contributed by atoms with van der Waals surface area (Å²) in [5, 5.41) is 11.5. The van der Waals surface area contributed by atoms with Gasteiger partial charge in [-0.25, -0.2) is 0 Å². The van der Waals surface area contributed by atoms with Gasteiger partial charge in [-0.15, -0.1) is 0 Å². The molecule has 0 saturated heterocycles. The Morgan fingerprint density at radius 3 is 2.39 bits per heavy atom. The maximum absolute atomic E-state index is 5.41. The Labute approximate surface area is 138 Å². The lowest BCUT2D eigenvalue weighted by Crippen LogP contribution is -2.01. The van der Waals surface area contributed by atoms with Crippen molar-refractivity contribution in [1.29, 1.82) is 0 Å². The molecule has 7 nitrogen and oxygen atoms in total. The zero-order chi connectivity index (χ0) is 16.4. The summed E-state index contributed by atoms with van der Waals surface area (Å²) in [5.74, 6) is 3.15. The number of hydrogen-bond donors (Lipinski definition) is 1. The third-order valence-electron chi connectivity index (χ3n) is 3.67. The summed E-state index contributed by atoms with van der Waals surface area (Å²) in [4.78, 5) is 0. The molecular weight excluding hydrogens is 316 g/mol. The minimum Gasteiger partial charge on any atom is -0.496 e. The molecule has 23 heavy (non-hydrogen) atoms. The number of H-pyrrole nitrogens is 1.